The predicted molar refractivity (Wildman–Crippen MR) is 47.2 cm³/mol. The summed E-state index contributed by atoms with van der Waals surface area (Å²) in [6, 6.07) is 0. The van der Waals surface area contributed by atoms with Crippen LogP contribution in [-0.2, 0) is 14.4 Å². The molecular weight excluding hydrogens is 224 g/mol. The number of carbonyl (C=O) groups is 3. The van der Waals surface area contributed by atoms with Gasteiger partial charge in [-0.2, -0.15) is 0 Å². The first-order valence-electron chi connectivity index (χ1n) is 4.18. The van der Waals surface area contributed by atoms with E-state index in [1.165, 1.54) is 0 Å². The SMILES string of the molecule is O=CC(=O)C(O)(C=O)C(O)C(O)C(O)CO. The van der Waals surface area contributed by atoms with Crippen LogP contribution in [0.3, 0.4) is 0 Å². The molecule has 0 aliphatic heterocycles. The Morgan fingerprint density at radius 3 is 2.06 bits per heavy atom. The first kappa shape index (κ1) is 14.8. The van der Waals surface area contributed by atoms with Crippen LogP contribution < -0.4 is 0 Å². The van der Waals surface area contributed by atoms with Crippen LogP contribution in [0.15, 0.2) is 0 Å². The van der Waals surface area contributed by atoms with Gasteiger partial charge in [0.25, 0.3) is 0 Å². The minimum atomic E-state index is -3.14. The van der Waals surface area contributed by atoms with Crippen molar-refractivity contribution in [2.24, 2.45) is 0 Å². The quantitative estimate of drug-likeness (QED) is 0.169. The van der Waals surface area contributed by atoms with Gasteiger partial charge in [0.1, 0.15) is 18.3 Å². The summed E-state index contributed by atoms with van der Waals surface area (Å²) in [7, 11) is 0. The molecule has 8 heteroatoms. The largest absolute Gasteiger partial charge is 0.394 e. The summed E-state index contributed by atoms with van der Waals surface area (Å²) < 4.78 is 0. The number of rotatable bonds is 7. The molecule has 8 nitrogen and oxygen atoms in total. The lowest BCUT2D eigenvalue weighted by Gasteiger charge is -2.29. The Morgan fingerprint density at radius 2 is 1.75 bits per heavy atom. The molecule has 0 aromatic rings. The van der Waals surface area contributed by atoms with Gasteiger partial charge < -0.3 is 25.5 Å². The maximum atomic E-state index is 10.9. The van der Waals surface area contributed by atoms with E-state index in [4.69, 9.17) is 15.3 Å². The van der Waals surface area contributed by atoms with Crippen LogP contribution in [0.2, 0.25) is 0 Å². The van der Waals surface area contributed by atoms with Gasteiger partial charge >= 0.3 is 0 Å². The number of hydrogen-bond donors (Lipinski definition) is 5. The minimum Gasteiger partial charge on any atom is -0.394 e. The third-order valence-corrected chi connectivity index (χ3v) is 2.04. The van der Waals surface area contributed by atoms with Gasteiger partial charge in [-0.15, -0.1) is 0 Å². The topological polar surface area (TPSA) is 152 Å². The van der Waals surface area contributed by atoms with Crippen molar-refractivity contribution in [1.82, 2.24) is 0 Å². The van der Waals surface area contributed by atoms with E-state index in [2.05, 4.69) is 0 Å². The highest BCUT2D eigenvalue weighted by molar-refractivity contribution is 6.33. The molecule has 0 fully saturated rings. The van der Waals surface area contributed by atoms with Gasteiger partial charge in [-0.1, -0.05) is 0 Å². The number of ketones is 1. The zero-order chi connectivity index (χ0) is 12.9. The molecule has 92 valence electrons. The molecule has 4 unspecified atom stereocenters. The van der Waals surface area contributed by atoms with Crippen LogP contribution in [0.1, 0.15) is 0 Å². The number of aldehydes is 2. The third kappa shape index (κ3) is 2.68. The Bertz CT molecular complexity index is 277. The van der Waals surface area contributed by atoms with Crippen molar-refractivity contribution < 1.29 is 39.9 Å². The highest BCUT2D eigenvalue weighted by atomic mass is 16.4. The summed E-state index contributed by atoms with van der Waals surface area (Å²) in [5.74, 6) is -1.67. The lowest BCUT2D eigenvalue weighted by molar-refractivity contribution is -0.174. The number of hydrogen-bond acceptors (Lipinski definition) is 8. The zero-order valence-electron chi connectivity index (χ0n) is 8.05. The Hall–Kier alpha value is -1.19. The van der Waals surface area contributed by atoms with Gasteiger partial charge in [-0.25, -0.2) is 0 Å². The van der Waals surface area contributed by atoms with Gasteiger partial charge in [0.2, 0.25) is 11.4 Å². The summed E-state index contributed by atoms with van der Waals surface area (Å²) in [4.78, 5) is 31.4. The normalized spacial score (nSPS) is 20.3. The molecule has 0 radical (unpaired) electrons. The van der Waals surface area contributed by atoms with Crippen molar-refractivity contribution in [3.8, 4) is 0 Å². The molecule has 0 aromatic heterocycles. The lowest BCUT2D eigenvalue weighted by atomic mass is 9.88. The third-order valence-electron chi connectivity index (χ3n) is 2.04. The van der Waals surface area contributed by atoms with E-state index in [1.807, 2.05) is 0 Å². The zero-order valence-corrected chi connectivity index (χ0v) is 8.05. The van der Waals surface area contributed by atoms with Crippen molar-refractivity contribution in [2.75, 3.05) is 6.61 Å². The van der Waals surface area contributed by atoms with E-state index in [0.29, 0.717) is 0 Å². The molecule has 0 rings (SSSR count). The Labute approximate surface area is 89.7 Å². The van der Waals surface area contributed by atoms with Crippen molar-refractivity contribution in [3.63, 3.8) is 0 Å². The minimum absolute atomic E-state index is 0.407. The molecule has 0 saturated heterocycles. The second kappa shape index (κ2) is 5.77. The molecule has 0 saturated carbocycles. The van der Waals surface area contributed by atoms with E-state index in [1.54, 1.807) is 0 Å². The van der Waals surface area contributed by atoms with E-state index in [0.717, 1.165) is 0 Å². The van der Waals surface area contributed by atoms with Gasteiger partial charge in [0.15, 0.2) is 12.6 Å². The average Bonchev–Trinajstić information content (AvgIpc) is 2.33. The Kier molecular flexibility index (Phi) is 5.35. The summed E-state index contributed by atoms with van der Waals surface area (Å²) in [5, 5.41) is 45.1. The van der Waals surface area contributed by atoms with Gasteiger partial charge in [-0.05, 0) is 0 Å². The van der Waals surface area contributed by atoms with Gasteiger partial charge in [0.05, 0.1) is 6.61 Å². The fourth-order valence-electron chi connectivity index (χ4n) is 0.947. The summed E-state index contributed by atoms with van der Waals surface area (Å²) in [5.41, 5.74) is -3.14. The van der Waals surface area contributed by atoms with E-state index < -0.39 is 48.9 Å². The molecule has 0 spiro atoms. The Balaban J connectivity index is 5.03. The molecule has 5 N–H and O–H groups in total. The maximum absolute atomic E-state index is 10.9. The first-order valence-corrected chi connectivity index (χ1v) is 4.18. The molecule has 0 heterocycles. The van der Waals surface area contributed by atoms with Gasteiger partial charge in [0, 0.05) is 0 Å². The monoisotopic (exact) mass is 236 g/mol. The smallest absolute Gasteiger partial charge is 0.236 e. The summed E-state index contributed by atoms with van der Waals surface area (Å²) >= 11 is 0. The van der Waals surface area contributed by atoms with Crippen molar-refractivity contribution in [3.05, 3.63) is 0 Å². The molecule has 0 bridgehead atoms. The number of carbonyl (C=O) groups excluding carboxylic acids is 3. The molecule has 0 aliphatic rings. The van der Waals surface area contributed by atoms with Crippen LogP contribution >= 0.6 is 0 Å². The van der Waals surface area contributed by atoms with E-state index >= 15 is 0 Å². The molecule has 0 amide bonds. The molecule has 16 heavy (non-hydrogen) atoms. The van der Waals surface area contributed by atoms with Crippen LogP contribution in [0.4, 0.5) is 0 Å². The van der Waals surface area contributed by atoms with E-state index in [-0.39, 0.29) is 0 Å². The number of Topliss-reactive ketones (excluding diaryl/α,β-unsaturated/α-hetero) is 1. The summed E-state index contributed by atoms with van der Waals surface area (Å²) in [6.45, 7) is -0.970. The second-order valence-corrected chi connectivity index (χ2v) is 3.11. The molecule has 0 aliphatic carbocycles. The summed E-state index contributed by atoms with van der Waals surface area (Å²) in [6.07, 6.45) is -7.30. The number of aliphatic hydroxyl groups is 5. The van der Waals surface area contributed by atoms with Crippen molar-refractivity contribution >= 4 is 18.4 Å². The fourth-order valence-corrected chi connectivity index (χ4v) is 0.947. The highest BCUT2D eigenvalue weighted by Crippen LogP contribution is 2.14. The fraction of sp³-hybridized carbons (Fsp3) is 0.625. The van der Waals surface area contributed by atoms with Crippen LogP contribution in [0.5, 0.6) is 0 Å². The van der Waals surface area contributed by atoms with Gasteiger partial charge in [-0.3, -0.25) is 14.4 Å². The average molecular weight is 236 g/mol. The predicted octanol–water partition coefficient (Wildman–Crippen LogP) is -4.24. The lowest BCUT2D eigenvalue weighted by Crippen LogP contribution is -2.59. The molecular formula is C8H12O8. The second-order valence-electron chi connectivity index (χ2n) is 3.11. The number of aliphatic hydroxyl groups excluding tert-OH is 4. The van der Waals surface area contributed by atoms with Crippen LogP contribution in [0.25, 0.3) is 0 Å². The first-order chi connectivity index (χ1) is 7.34. The molecule has 4 atom stereocenters. The molecule has 0 aromatic carbocycles. The Morgan fingerprint density at radius 1 is 1.25 bits per heavy atom. The standard InChI is InChI=1S/C8H12O8/c9-1-4(12)6(14)7(15)8(16,3-11)5(13)2-10/h2-4,6-7,9,12,14-16H,1H2. The highest BCUT2D eigenvalue weighted by Gasteiger charge is 2.48. The van der Waals surface area contributed by atoms with Crippen LogP contribution in [0, 0.1) is 0 Å². The van der Waals surface area contributed by atoms with Crippen LogP contribution in [-0.4, -0.2) is 74.4 Å². The van der Waals surface area contributed by atoms with E-state index in [9.17, 15) is 24.6 Å². The maximum Gasteiger partial charge on any atom is 0.236 e. The van der Waals surface area contributed by atoms with Crippen molar-refractivity contribution in [2.45, 2.75) is 23.9 Å². The van der Waals surface area contributed by atoms with Crippen molar-refractivity contribution in [1.29, 1.82) is 0 Å².